The highest BCUT2D eigenvalue weighted by Gasteiger charge is 2.26. The Balaban J connectivity index is 1.83. The maximum atomic E-state index is 12.4. The average Bonchev–Trinajstić information content (AvgIpc) is 2.89. The largest absolute Gasteiger partial charge is 0.506 e. The average molecular weight is 410 g/mol. The SMILES string of the molecule is CNCCNCc1cc2cc3c(cc2n1C)CCCc1c-3[nH]c(=O)c(C(=O)O)c1O. The van der Waals surface area contributed by atoms with Crippen LogP contribution in [0.5, 0.6) is 5.75 Å². The standard InChI is InChI=1S/C22H26N4O4/c1-23-6-7-24-11-14-8-13-9-16-12(10-17(13)26(14)2)4-3-5-15-19(16)25-21(28)18(20(15)27)22(29)30/h8-10,23-24H,3-7,11H2,1-2H3,(H,29,30)(H2,25,27,28). The second-order valence-electron chi connectivity index (χ2n) is 7.73. The molecule has 0 unspecified atom stereocenters. The highest BCUT2D eigenvalue weighted by molar-refractivity contribution is 5.93. The lowest BCUT2D eigenvalue weighted by Crippen LogP contribution is -2.25. The molecular formula is C22H26N4O4. The number of carboxylic acid groups (broad SMARTS) is 1. The van der Waals surface area contributed by atoms with Gasteiger partial charge < -0.3 is 30.4 Å². The van der Waals surface area contributed by atoms with E-state index in [-0.39, 0.29) is 0 Å². The van der Waals surface area contributed by atoms with Crippen LogP contribution in [0.15, 0.2) is 23.0 Å². The van der Waals surface area contributed by atoms with Crippen molar-refractivity contribution in [1.29, 1.82) is 0 Å². The number of fused-ring (bicyclic) bond motifs is 4. The number of aromatic amines is 1. The molecule has 5 N–H and O–H groups in total. The highest BCUT2D eigenvalue weighted by Crippen LogP contribution is 2.38. The minimum atomic E-state index is -1.42. The number of hydrogen-bond donors (Lipinski definition) is 5. The minimum absolute atomic E-state index is 0.420. The quantitative estimate of drug-likeness (QED) is 0.395. The van der Waals surface area contributed by atoms with Crippen molar-refractivity contribution >= 4 is 16.9 Å². The molecule has 0 fully saturated rings. The number of carbonyl (C=O) groups is 1. The smallest absolute Gasteiger partial charge is 0.345 e. The summed E-state index contributed by atoms with van der Waals surface area (Å²) in [6.45, 7) is 2.51. The molecule has 8 heteroatoms. The maximum Gasteiger partial charge on any atom is 0.345 e. The van der Waals surface area contributed by atoms with E-state index in [2.05, 4.69) is 32.3 Å². The van der Waals surface area contributed by atoms with E-state index >= 15 is 0 Å². The summed E-state index contributed by atoms with van der Waals surface area (Å²) in [7, 11) is 3.96. The summed E-state index contributed by atoms with van der Waals surface area (Å²) in [5.41, 5.74) is 3.83. The van der Waals surface area contributed by atoms with Gasteiger partial charge in [-0.25, -0.2) is 4.79 Å². The van der Waals surface area contributed by atoms with Gasteiger partial charge in [0.15, 0.2) is 5.56 Å². The van der Waals surface area contributed by atoms with Crippen LogP contribution < -0.4 is 16.2 Å². The van der Waals surface area contributed by atoms with Crippen molar-refractivity contribution in [1.82, 2.24) is 20.2 Å². The lowest BCUT2D eigenvalue weighted by Gasteiger charge is -2.13. The van der Waals surface area contributed by atoms with Crippen LogP contribution in [0.25, 0.3) is 22.2 Å². The second kappa shape index (κ2) is 7.97. The Bertz CT molecular complexity index is 1190. The van der Waals surface area contributed by atoms with Crippen molar-refractivity contribution in [3.63, 3.8) is 0 Å². The number of aryl methyl sites for hydroxylation is 2. The monoisotopic (exact) mass is 410 g/mol. The van der Waals surface area contributed by atoms with E-state index in [1.54, 1.807) is 0 Å². The van der Waals surface area contributed by atoms with Gasteiger partial charge in [-0.1, -0.05) is 0 Å². The number of rotatable bonds is 6. The molecule has 2 aromatic heterocycles. The molecule has 4 rings (SSSR count). The number of nitrogens with one attached hydrogen (secondary N) is 3. The first kappa shape index (κ1) is 20.2. The van der Waals surface area contributed by atoms with Crippen molar-refractivity contribution in [3.05, 3.63) is 50.9 Å². The number of pyridine rings is 1. The van der Waals surface area contributed by atoms with Gasteiger partial charge in [0.2, 0.25) is 0 Å². The van der Waals surface area contributed by atoms with Crippen LogP contribution in [0.1, 0.15) is 33.6 Å². The summed E-state index contributed by atoms with van der Waals surface area (Å²) >= 11 is 0. The molecule has 2 heterocycles. The Morgan fingerprint density at radius 3 is 2.77 bits per heavy atom. The number of aromatic nitrogens is 2. The number of H-pyrrole nitrogens is 1. The molecule has 0 radical (unpaired) electrons. The first-order valence-electron chi connectivity index (χ1n) is 10.1. The Morgan fingerprint density at radius 2 is 2.03 bits per heavy atom. The maximum absolute atomic E-state index is 12.4. The fourth-order valence-corrected chi connectivity index (χ4v) is 4.28. The second-order valence-corrected chi connectivity index (χ2v) is 7.73. The molecular weight excluding hydrogens is 384 g/mol. The molecule has 1 aromatic carbocycles. The van der Waals surface area contributed by atoms with Gasteiger partial charge in [-0.3, -0.25) is 4.79 Å². The Labute approximate surface area is 173 Å². The molecule has 1 aliphatic carbocycles. The van der Waals surface area contributed by atoms with Gasteiger partial charge in [0.05, 0.1) is 5.69 Å². The first-order chi connectivity index (χ1) is 14.4. The van der Waals surface area contributed by atoms with Crippen molar-refractivity contribution in [3.8, 4) is 17.0 Å². The highest BCUT2D eigenvalue weighted by atomic mass is 16.4. The predicted octanol–water partition coefficient (Wildman–Crippen LogP) is 1.74. The summed E-state index contributed by atoms with van der Waals surface area (Å²) in [5.74, 6) is -1.84. The zero-order valence-electron chi connectivity index (χ0n) is 17.1. The Hall–Kier alpha value is -3.10. The molecule has 1 aliphatic rings. The van der Waals surface area contributed by atoms with Gasteiger partial charge in [0, 0.05) is 54.4 Å². The van der Waals surface area contributed by atoms with E-state index in [4.69, 9.17) is 0 Å². The molecule has 0 bridgehead atoms. The number of hydrogen-bond acceptors (Lipinski definition) is 5. The molecule has 0 saturated carbocycles. The molecule has 158 valence electrons. The number of aromatic carboxylic acids is 1. The zero-order valence-corrected chi connectivity index (χ0v) is 17.1. The van der Waals surface area contributed by atoms with Gasteiger partial charge in [-0.2, -0.15) is 0 Å². The van der Waals surface area contributed by atoms with E-state index in [1.807, 2.05) is 20.2 Å². The molecule has 0 spiro atoms. The van der Waals surface area contributed by atoms with Gasteiger partial charge in [-0.05, 0) is 50.1 Å². The van der Waals surface area contributed by atoms with E-state index < -0.39 is 22.8 Å². The zero-order chi connectivity index (χ0) is 21.4. The molecule has 0 atom stereocenters. The van der Waals surface area contributed by atoms with Gasteiger partial charge >= 0.3 is 5.97 Å². The van der Waals surface area contributed by atoms with Crippen LogP contribution in [0.4, 0.5) is 0 Å². The summed E-state index contributed by atoms with van der Waals surface area (Å²) in [6, 6.07) is 6.29. The fraction of sp³-hybridized carbons (Fsp3) is 0.364. The Morgan fingerprint density at radius 1 is 1.23 bits per heavy atom. The first-order valence-corrected chi connectivity index (χ1v) is 10.1. The molecule has 0 amide bonds. The minimum Gasteiger partial charge on any atom is -0.506 e. The normalized spacial score (nSPS) is 13.1. The third-order valence-corrected chi connectivity index (χ3v) is 5.87. The van der Waals surface area contributed by atoms with Crippen molar-refractivity contribution in [2.45, 2.75) is 25.8 Å². The van der Waals surface area contributed by atoms with Crippen LogP contribution >= 0.6 is 0 Å². The summed E-state index contributed by atoms with van der Waals surface area (Å²) in [4.78, 5) is 26.5. The number of aromatic hydroxyl groups is 1. The lowest BCUT2D eigenvalue weighted by atomic mass is 9.98. The molecule has 8 nitrogen and oxygen atoms in total. The summed E-state index contributed by atoms with van der Waals surface area (Å²) in [6.07, 6.45) is 2.04. The van der Waals surface area contributed by atoms with Crippen LogP contribution in [0.3, 0.4) is 0 Å². The molecule has 3 aromatic rings. The van der Waals surface area contributed by atoms with Crippen LogP contribution in [0.2, 0.25) is 0 Å². The van der Waals surface area contributed by atoms with Gasteiger partial charge in [-0.15, -0.1) is 0 Å². The van der Waals surface area contributed by atoms with Gasteiger partial charge in [0.25, 0.3) is 5.56 Å². The van der Waals surface area contributed by atoms with Crippen molar-refractivity contribution in [2.75, 3.05) is 20.1 Å². The number of likely N-dealkylation sites (N-methyl/N-ethyl adjacent to an activating group) is 1. The van der Waals surface area contributed by atoms with Crippen LogP contribution in [0, 0.1) is 0 Å². The van der Waals surface area contributed by atoms with Crippen molar-refractivity contribution < 1.29 is 15.0 Å². The third kappa shape index (κ3) is 3.38. The van der Waals surface area contributed by atoms with E-state index in [9.17, 15) is 19.8 Å². The number of carboxylic acids is 1. The van der Waals surface area contributed by atoms with E-state index in [0.717, 1.165) is 60.2 Å². The van der Waals surface area contributed by atoms with Crippen molar-refractivity contribution in [2.24, 2.45) is 7.05 Å². The summed E-state index contributed by atoms with van der Waals surface area (Å²) in [5, 5.41) is 27.4. The Kier molecular flexibility index (Phi) is 5.36. The fourth-order valence-electron chi connectivity index (χ4n) is 4.28. The van der Waals surface area contributed by atoms with Crippen LogP contribution in [-0.2, 0) is 26.4 Å². The number of benzene rings is 1. The summed E-state index contributed by atoms with van der Waals surface area (Å²) < 4.78 is 2.17. The topological polar surface area (TPSA) is 119 Å². The van der Waals surface area contributed by atoms with Gasteiger partial charge in [0.1, 0.15) is 5.75 Å². The van der Waals surface area contributed by atoms with E-state index in [0.29, 0.717) is 17.7 Å². The predicted molar refractivity (Wildman–Crippen MR) is 115 cm³/mol. The number of nitrogens with zero attached hydrogens (tertiary/aromatic N) is 1. The molecule has 0 aliphatic heterocycles. The van der Waals surface area contributed by atoms with Crippen LogP contribution in [-0.4, -0.2) is 45.9 Å². The third-order valence-electron chi connectivity index (χ3n) is 5.87. The molecule has 0 saturated heterocycles. The van der Waals surface area contributed by atoms with E-state index in [1.165, 1.54) is 0 Å². The lowest BCUT2D eigenvalue weighted by molar-refractivity contribution is 0.0691. The molecule has 30 heavy (non-hydrogen) atoms.